The first-order valence-corrected chi connectivity index (χ1v) is 9.23. The van der Waals surface area contributed by atoms with Crippen LogP contribution in [0.5, 0.6) is 0 Å². The summed E-state index contributed by atoms with van der Waals surface area (Å²) in [4.78, 5) is 19.4. The number of anilines is 1. The van der Waals surface area contributed by atoms with E-state index in [1.54, 1.807) is 0 Å². The fourth-order valence-electron chi connectivity index (χ4n) is 3.66. The van der Waals surface area contributed by atoms with Gasteiger partial charge < -0.3 is 10.2 Å². The van der Waals surface area contributed by atoms with E-state index in [9.17, 15) is 4.79 Å². The molecule has 26 heavy (non-hydrogen) atoms. The predicted molar refractivity (Wildman–Crippen MR) is 105 cm³/mol. The van der Waals surface area contributed by atoms with E-state index in [1.807, 2.05) is 60.8 Å². The van der Waals surface area contributed by atoms with Crippen LogP contribution in [0.3, 0.4) is 0 Å². The molecule has 1 fully saturated rings. The number of carbonyl (C=O) groups is 1. The van der Waals surface area contributed by atoms with Gasteiger partial charge in [-0.2, -0.15) is 0 Å². The number of carbonyl (C=O) groups excluding carboxylic acids is 1. The maximum absolute atomic E-state index is 12.7. The first-order chi connectivity index (χ1) is 12.8. The SMILES string of the molecule is O=C(NCC1CCN(c2ccccn2)CC1)c1cccc2ccccc12. The largest absolute Gasteiger partial charge is 0.357 e. The zero-order chi connectivity index (χ0) is 17.8. The van der Waals surface area contributed by atoms with Crippen molar-refractivity contribution in [1.29, 1.82) is 0 Å². The lowest BCUT2D eigenvalue weighted by atomic mass is 9.96. The third-order valence-electron chi connectivity index (χ3n) is 5.17. The lowest BCUT2D eigenvalue weighted by Gasteiger charge is -2.32. The second-order valence-corrected chi connectivity index (χ2v) is 6.86. The van der Waals surface area contributed by atoms with Crippen molar-refractivity contribution >= 4 is 22.5 Å². The second kappa shape index (κ2) is 7.56. The van der Waals surface area contributed by atoms with Gasteiger partial charge in [0.25, 0.3) is 5.91 Å². The van der Waals surface area contributed by atoms with Gasteiger partial charge >= 0.3 is 0 Å². The van der Waals surface area contributed by atoms with Crippen LogP contribution in [0.2, 0.25) is 0 Å². The molecule has 0 saturated carbocycles. The molecule has 1 aliphatic heterocycles. The highest BCUT2D eigenvalue weighted by atomic mass is 16.1. The molecule has 4 nitrogen and oxygen atoms in total. The lowest BCUT2D eigenvalue weighted by molar-refractivity contribution is 0.0946. The highest BCUT2D eigenvalue weighted by molar-refractivity contribution is 6.06. The number of hydrogen-bond acceptors (Lipinski definition) is 3. The molecule has 1 amide bonds. The van der Waals surface area contributed by atoms with Crippen LogP contribution in [0.1, 0.15) is 23.2 Å². The Labute approximate surface area is 153 Å². The van der Waals surface area contributed by atoms with Gasteiger partial charge in [-0.25, -0.2) is 4.98 Å². The molecule has 4 rings (SSSR count). The Balaban J connectivity index is 1.34. The van der Waals surface area contributed by atoms with Crippen molar-refractivity contribution in [2.75, 3.05) is 24.5 Å². The molecule has 0 spiro atoms. The quantitative estimate of drug-likeness (QED) is 0.780. The van der Waals surface area contributed by atoms with Gasteiger partial charge in [0.2, 0.25) is 0 Å². The molecular formula is C22H23N3O. The third kappa shape index (κ3) is 3.54. The Kier molecular flexibility index (Phi) is 4.82. The number of aromatic nitrogens is 1. The van der Waals surface area contributed by atoms with Crippen molar-refractivity contribution in [2.24, 2.45) is 5.92 Å². The fourth-order valence-corrected chi connectivity index (χ4v) is 3.66. The highest BCUT2D eigenvalue weighted by Crippen LogP contribution is 2.22. The van der Waals surface area contributed by atoms with Crippen LogP contribution in [0.15, 0.2) is 66.9 Å². The molecule has 0 aliphatic carbocycles. The summed E-state index contributed by atoms with van der Waals surface area (Å²) in [5.74, 6) is 1.59. The van der Waals surface area contributed by atoms with Gasteiger partial charge in [0, 0.05) is 31.4 Å². The van der Waals surface area contributed by atoms with Gasteiger partial charge in [-0.15, -0.1) is 0 Å². The Hall–Kier alpha value is -2.88. The molecule has 0 bridgehead atoms. The Morgan fingerprint density at radius 3 is 2.58 bits per heavy atom. The van der Waals surface area contributed by atoms with Crippen LogP contribution < -0.4 is 10.2 Å². The zero-order valence-electron chi connectivity index (χ0n) is 14.8. The van der Waals surface area contributed by atoms with Crippen LogP contribution in [0, 0.1) is 5.92 Å². The van der Waals surface area contributed by atoms with E-state index >= 15 is 0 Å². The number of piperidine rings is 1. The Bertz CT molecular complexity index is 881. The number of rotatable bonds is 4. The van der Waals surface area contributed by atoms with Crippen molar-refractivity contribution in [1.82, 2.24) is 10.3 Å². The van der Waals surface area contributed by atoms with Crippen LogP contribution >= 0.6 is 0 Å². The van der Waals surface area contributed by atoms with Crippen LogP contribution in [0.4, 0.5) is 5.82 Å². The van der Waals surface area contributed by atoms with Crippen molar-refractivity contribution in [2.45, 2.75) is 12.8 Å². The van der Waals surface area contributed by atoms with Crippen molar-refractivity contribution in [3.8, 4) is 0 Å². The van der Waals surface area contributed by atoms with Gasteiger partial charge in [0.05, 0.1) is 0 Å². The van der Waals surface area contributed by atoms with E-state index in [4.69, 9.17) is 0 Å². The molecule has 1 saturated heterocycles. The van der Waals surface area contributed by atoms with Gasteiger partial charge in [-0.1, -0.05) is 42.5 Å². The molecule has 1 N–H and O–H groups in total. The molecular weight excluding hydrogens is 322 g/mol. The number of amides is 1. The molecule has 2 heterocycles. The summed E-state index contributed by atoms with van der Waals surface area (Å²) < 4.78 is 0. The van der Waals surface area contributed by atoms with Crippen molar-refractivity contribution in [3.05, 3.63) is 72.4 Å². The Morgan fingerprint density at radius 2 is 1.77 bits per heavy atom. The van der Waals surface area contributed by atoms with E-state index in [-0.39, 0.29) is 5.91 Å². The summed E-state index contributed by atoms with van der Waals surface area (Å²) in [6.45, 7) is 2.72. The smallest absolute Gasteiger partial charge is 0.251 e. The minimum atomic E-state index is 0.0222. The molecule has 132 valence electrons. The number of fused-ring (bicyclic) bond motifs is 1. The van der Waals surface area contributed by atoms with E-state index in [0.717, 1.165) is 54.6 Å². The van der Waals surface area contributed by atoms with Gasteiger partial charge in [0.15, 0.2) is 0 Å². The van der Waals surface area contributed by atoms with Gasteiger partial charge in [0.1, 0.15) is 5.82 Å². The van der Waals surface area contributed by atoms with E-state index in [1.165, 1.54) is 0 Å². The number of nitrogens with one attached hydrogen (secondary N) is 1. The summed E-state index contributed by atoms with van der Waals surface area (Å²) in [5.41, 5.74) is 0.758. The monoisotopic (exact) mass is 345 g/mol. The predicted octanol–water partition coefficient (Wildman–Crippen LogP) is 3.88. The summed E-state index contributed by atoms with van der Waals surface area (Å²) in [6, 6.07) is 19.9. The molecule has 2 aromatic carbocycles. The van der Waals surface area contributed by atoms with E-state index in [2.05, 4.69) is 21.3 Å². The summed E-state index contributed by atoms with van der Waals surface area (Å²) in [5, 5.41) is 5.25. The first kappa shape index (κ1) is 16.6. The van der Waals surface area contributed by atoms with Crippen LogP contribution in [-0.2, 0) is 0 Å². The summed E-state index contributed by atoms with van der Waals surface area (Å²) in [7, 11) is 0. The molecule has 1 aromatic heterocycles. The molecule has 0 atom stereocenters. The van der Waals surface area contributed by atoms with E-state index < -0.39 is 0 Å². The molecule has 0 unspecified atom stereocenters. The zero-order valence-corrected chi connectivity index (χ0v) is 14.8. The van der Waals surface area contributed by atoms with Crippen molar-refractivity contribution in [3.63, 3.8) is 0 Å². The van der Waals surface area contributed by atoms with Crippen LogP contribution in [-0.4, -0.2) is 30.5 Å². The van der Waals surface area contributed by atoms with Gasteiger partial charge in [-0.05, 0) is 47.7 Å². The second-order valence-electron chi connectivity index (χ2n) is 6.86. The normalized spacial score (nSPS) is 15.2. The maximum Gasteiger partial charge on any atom is 0.251 e. The summed E-state index contributed by atoms with van der Waals surface area (Å²) in [6.07, 6.45) is 3.99. The number of benzene rings is 2. The van der Waals surface area contributed by atoms with Crippen molar-refractivity contribution < 1.29 is 4.79 Å². The number of pyridine rings is 1. The molecule has 1 aliphatic rings. The number of nitrogens with zero attached hydrogens (tertiary/aromatic N) is 2. The van der Waals surface area contributed by atoms with E-state index in [0.29, 0.717) is 5.92 Å². The number of hydrogen-bond donors (Lipinski definition) is 1. The molecule has 0 radical (unpaired) electrons. The maximum atomic E-state index is 12.7. The average Bonchev–Trinajstić information content (AvgIpc) is 2.72. The fraction of sp³-hybridized carbons (Fsp3) is 0.273. The molecule has 3 aromatic rings. The van der Waals surface area contributed by atoms with Gasteiger partial charge in [-0.3, -0.25) is 4.79 Å². The highest BCUT2D eigenvalue weighted by Gasteiger charge is 2.21. The minimum absolute atomic E-state index is 0.0222. The average molecular weight is 345 g/mol. The first-order valence-electron chi connectivity index (χ1n) is 9.23. The lowest BCUT2D eigenvalue weighted by Crippen LogP contribution is -2.39. The summed E-state index contributed by atoms with van der Waals surface area (Å²) >= 11 is 0. The topological polar surface area (TPSA) is 45.2 Å². The third-order valence-corrected chi connectivity index (χ3v) is 5.17. The standard InChI is InChI=1S/C22H23N3O/c26-22(20-9-5-7-18-6-1-2-8-19(18)20)24-16-17-11-14-25(15-12-17)21-10-3-4-13-23-21/h1-10,13,17H,11-12,14-16H2,(H,24,26). The minimum Gasteiger partial charge on any atom is -0.357 e. The molecule has 4 heteroatoms. The Morgan fingerprint density at radius 1 is 1.00 bits per heavy atom. The van der Waals surface area contributed by atoms with Crippen LogP contribution in [0.25, 0.3) is 10.8 Å².